The van der Waals surface area contributed by atoms with Gasteiger partial charge in [0.2, 0.25) is 5.91 Å². The molecule has 1 aliphatic rings. The molecule has 8 nitrogen and oxygen atoms in total. The number of nitrogens with zero attached hydrogens (tertiary/aromatic N) is 5. The molecule has 0 radical (unpaired) electrons. The smallest absolute Gasteiger partial charge is 0.303 e. The van der Waals surface area contributed by atoms with E-state index in [9.17, 15) is 9.59 Å². The molecule has 1 N–H and O–H groups in total. The predicted octanol–water partition coefficient (Wildman–Crippen LogP) is -0.614. The van der Waals surface area contributed by atoms with Crippen molar-refractivity contribution in [2.45, 2.75) is 25.8 Å². The van der Waals surface area contributed by atoms with Crippen molar-refractivity contribution in [1.82, 2.24) is 25.1 Å². The summed E-state index contributed by atoms with van der Waals surface area (Å²) in [5, 5.41) is 19.2. The van der Waals surface area contributed by atoms with Gasteiger partial charge in [-0.3, -0.25) is 9.59 Å². The van der Waals surface area contributed by atoms with Crippen LogP contribution in [0.3, 0.4) is 0 Å². The summed E-state index contributed by atoms with van der Waals surface area (Å²) in [5.41, 5.74) is 0. The molecule has 1 amide bonds. The largest absolute Gasteiger partial charge is 0.481 e. The fraction of sp³-hybridized carbons (Fsp3) is 0.700. The maximum atomic E-state index is 11.9. The van der Waals surface area contributed by atoms with Gasteiger partial charge in [-0.1, -0.05) is 0 Å². The molecule has 1 aliphatic heterocycles. The van der Waals surface area contributed by atoms with Crippen molar-refractivity contribution in [3.05, 3.63) is 6.33 Å². The summed E-state index contributed by atoms with van der Waals surface area (Å²) in [4.78, 5) is 24.1. The Bertz CT molecular complexity index is 419. The minimum atomic E-state index is -0.784. The third kappa shape index (κ3) is 3.25. The van der Waals surface area contributed by atoms with E-state index < -0.39 is 5.97 Å². The Morgan fingerprint density at radius 2 is 2.28 bits per heavy atom. The number of tetrazole rings is 1. The van der Waals surface area contributed by atoms with Crippen LogP contribution in [0, 0.1) is 5.92 Å². The fourth-order valence-electron chi connectivity index (χ4n) is 2.11. The molecular weight excluding hydrogens is 238 g/mol. The van der Waals surface area contributed by atoms with Gasteiger partial charge < -0.3 is 10.0 Å². The number of amides is 1. The van der Waals surface area contributed by atoms with Gasteiger partial charge in [-0.15, -0.1) is 5.10 Å². The lowest BCUT2D eigenvalue weighted by atomic mass is 10.0. The number of hydrogen-bond donors (Lipinski definition) is 1. The Morgan fingerprint density at radius 1 is 1.44 bits per heavy atom. The molecule has 98 valence electrons. The Hall–Kier alpha value is -1.99. The van der Waals surface area contributed by atoms with Crippen molar-refractivity contribution in [1.29, 1.82) is 0 Å². The lowest BCUT2D eigenvalue weighted by molar-refractivity contribution is -0.137. The number of carbonyl (C=O) groups excluding carboxylic acids is 1. The SMILES string of the molecule is O=C(O)CCC1CCN(C(=O)Cn2cnnn2)C1. The molecule has 1 fully saturated rings. The summed E-state index contributed by atoms with van der Waals surface area (Å²) >= 11 is 0. The Kier molecular flexibility index (Phi) is 3.85. The molecule has 0 spiro atoms. The van der Waals surface area contributed by atoms with Crippen molar-refractivity contribution in [3.8, 4) is 0 Å². The highest BCUT2D eigenvalue weighted by atomic mass is 16.4. The van der Waals surface area contributed by atoms with E-state index in [-0.39, 0.29) is 18.9 Å². The molecule has 1 aromatic heterocycles. The first-order chi connectivity index (χ1) is 8.65. The van der Waals surface area contributed by atoms with E-state index in [1.165, 1.54) is 11.0 Å². The van der Waals surface area contributed by atoms with Crippen LogP contribution in [0.4, 0.5) is 0 Å². The van der Waals surface area contributed by atoms with Gasteiger partial charge in [-0.05, 0) is 29.2 Å². The number of hydrogen-bond acceptors (Lipinski definition) is 5. The van der Waals surface area contributed by atoms with Crippen LogP contribution < -0.4 is 0 Å². The second-order valence-corrected chi connectivity index (χ2v) is 4.43. The second kappa shape index (κ2) is 5.56. The summed E-state index contributed by atoms with van der Waals surface area (Å²) < 4.78 is 1.38. The van der Waals surface area contributed by atoms with E-state index in [1.807, 2.05) is 0 Å². The van der Waals surface area contributed by atoms with E-state index in [1.54, 1.807) is 4.90 Å². The topological polar surface area (TPSA) is 101 Å². The number of aliphatic carboxylic acids is 1. The van der Waals surface area contributed by atoms with Gasteiger partial charge in [0.1, 0.15) is 12.9 Å². The Labute approximate surface area is 104 Å². The van der Waals surface area contributed by atoms with Crippen molar-refractivity contribution >= 4 is 11.9 Å². The molecule has 0 aromatic carbocycles. The highest BCUT2D eigenvalue weighted by Gasteiger charge is 2.26. The predicted molar refractivity (Wildman–Crippen MR) is 59.4 cm³/mol. The molecule has 0 bridgehead atoms. The van der Waals surface area contributed by atoms with Gasteiger partial charge in [0.25, 0.3) is 0 Å². The molecular formula is C10H15N5O3. The van der Waals surface area contributed by atoms with Crippen LogP contribution in [0.5, 0.6) is 0 Å². The normalized spacial score (nSPS) is 19.1. The Morgan fingerprint density at radius 3 is 2.94 bits per heavy atom. The molecule has 2 rings (SSSR count). The maximum Gasteiger partial charge on any atom is 0.303 e. The van der Waals surface area contributed by atoms with Gasteiger partial charge in [0, 0.05) is 19.5 Å². The zero-order valence-electron chi connectivity index (χ0n) is 9.90. The third-order valence-corrected chi connectivity index (χ3v) is 3.09. The molecule has 1 unspecified atom stereocenters. The summed E-state index contributed by atoms with van der Waals surface area (Å²) in [7, 11) is 0. The zero-order chi connectivity index (χ0) is 13.0. The number of rotatable bonds is 5. The van der Waals surface area contributed by atoms with Gasteiger partial charge >= 0.3 is 5.97 Å². The quantitative estimate of drug-likeness (QED) is 0.751. The number of aromatic nitrogens is 4. The number of carbonyl (C=O) groups is 2. The maximum absolute atomic E-state index is 11.9. The first-order valence-corrected chi connectivity index (χ1v) is 5.85. The molecule has 1 atom stereocenters. The third-order valence-electron chi connectivity index (χ3n) is 3.09. The van der Waals surface area contributed by atoms with E-state index in [4.69, 9.17) is 5.11 Å². The van der Waals surface area contributed by atoms with Crippen LogP contribution in [0.15, 0.2) is 6.33 Å². The van der Waals surface area contributed by atoms with Gasteiger partial charge in [0.15, 0.2) is 0 Å². The van der Waals surface area contributed by atoms with Gasteiger partial charge in [-0.25, -0.2) is 4.68 Å². The van der Waals surface area contributed by atoms with Gasteiger partial charge in [-0.2, -0.15) is 0 Å². The average molecular weight is 253 g/mol. The number of carboxylic acid groups (broad SMARTS) is 1. The van der Waals surface area contributed by atoms with Crippen LogP contribution in [-0.2, 0) is 16.1 Å². The standard InChI is InChI=1S/C10H15N5O3/c16-9(6-15-7-11-12-13-15)14-4-3-8(5-14)1-2-10(17)18/h7-8H,1-6H2,(H,17,18). The molecule has 1 saturated heterocycles. The number of likely N-dealkylation sites (tertiary alicyclic amines) is 1. The summed E-state index contributed by atoms with van der Waals surface area (Å²) in [6, 6.07) is 0. The monoisotopic (exact) mass is 253 g/mol. The van der Waals surface area contributed by atoms with Crippen LogP contribution in [-0.4, -0.2) is 55.2 Å². The van der Waals surface area contributed by atoms with Crippen LogP contribution >= 0.6 is 0 Å². The second-order valence-electron chi connectivity index (χ2n) is 4.43. The van der Waals surface area contributed by atoms with Crippen LogP contribution in [0.25, 0.3) is 0 Å². The van der Waals surface area contributed by atoms with E-state index in [0.29, 0.717) is 25.4 Å². The summed E-state index contributed by atoms with van der Waals surface area (Å²) in [5.74, 6) is -0.521. The number of carboxylic acids is 1. The summed E-state index contributed by atoms with van der Waals surface area (Å²) in [6.45, 7) is 1.46. The minimum absolute atomic E-state index is 0.0277. The van der Waals surface area contributed by atoms with Crippen LogP contribution in [0.2, 0.25) is 0 Å². The lowest BCUT2D eigenvalue weighted by Gasteiger charge is -2.15. The summed E-state index contributed by atoms with van der Waals surface area (Å²) in [6.07, 6.45) is 3.06. The first-order valence-electron chi connectivity index (χ1n) is 5.85. The molecule has 8 heteroatoms. The van der Waals surface area contributed by atoms with Crippen molar-refractivity contribution < 1.29 is 14.7 Å². The van der Waals surface area contributed by atoms with E-state index in [2.05, 4.69) is 15.5 Å². The molecule has 2 heterocycles. The highest BCUT2D eigenvalue weighted by molar-refractivity contribution is 5.76. The molecule has 0 aliphatic carbocycles. The molecule has 18 heavy (non-hydrogen) atoms. The minimum Gasteiger partial charge on any atom is -0.481 e. The van der Waals surface area contributed by atoms with E-state index in [0.717, 1.165) is 6.42 Å². The van der Waals surface area contributed by atoms with Gasteiger partial charge in [0.05, 0.1) is 0 Å². The highest BCUT2D eigenvalue weighted by Crippen LogP contribution is 2.21. The van der Waals surface area contributed by atoms with Crippen molar-refractivity contribution in [3.63, 3.8) is 0 Å². The molecule has 0 saturated carbocycles. The average Bonchev–Trinajstić information content (AvgIpc) is 2.96. The fourth-order valence-corrected chi connectivity index (χ4v) is 2.11. The first kappa shape index (κ1) is 12.5. The van der Waals surface area contributed by atoms with Crippen molar-refractivity contribution in [2.75, 3.05) is 13.1 Å². The Balaban J connectivity index is 1.77. The lowest BCUT2D eigenvalue weighted by Crippen LogP contribution is -2.32. The molecule has 1 aromatic rings. The van der Waals surface area contributed by atoms with Crippen LogP contribution in [0.1, 0.15) is 19.3 Å². The zero-order valence-corrected chi connectivity index (χ0v) is 9.90. The van der Waals surface area contributed by atoms with E-state index >= 15 is 0 Å². The van der Waals surface area contributed by atoms with Crippen molar-refractivity contribution in [2.24, 2.45) is 5.92 Å².